The summed E-state index contributed by atoms with van der Waals surface area (Å²) in [5.41, 5.74) is 0. The Labute approximate surface area is 171 Å². The molecule has 1 aliphatic heterocycles. The minimum absolute atomic E-state index is 0.0221. The Morgan fingerprint density at radius 2 is 1.82 bits per heavy atom. The molecule has 1 fully saturated rings. The molecule has 9 heteroatoms. The number of carbonyl (C=O) groups excluding carboxylic acids is 1. The lowest BCUT2D eigenvalue weighted by molar-refractivity contribution is -0.135. The van der Waals surface area contributed by atoms with Gasteiger partial charge in [-0.25, -0.2) is 0 Å². The van der Waals surface area contributed by atoms with Crippen LogP contribution in [0.4, 0.5) is 0 Å². The third kappa shape index (κ3) is 5.43. The summed E-state index contributed by atoms with van der Waals surface area (Å²) < 4.78 is 50.7. The minimum atomic E-state index is -4.16. The van der Waals surface area contributed by atoms with Crippen LogP contribution in [-0.4, -0.2) is 59.1 Å². The molecular formula is C19H38O7SSi. The summed E-state index contributed by atoms with van der Waals surface area (Å²) in [6.45, 7) is 4.01. The number of carbonyl (C=O) groups is 1. The number of rotatable bonds is 13. The SMILES string of the molecule is CCCCC(CCC(=O)C1CCC[Si](OC)(OC)C1(CCC)OC)S(=O)(=O)O. The number of hydrogen-bond acceptors (Lipinski definition) is 6. The topological polar surface area (TPSA) is 99.1 Å². The average Bonchev–Trinajstić information content (AvgIpc) is 2.66. The fourth-order valence-corrected chi connectivity index (χ4v) is 9.81. The highest BCUT2D eigenvalue weighted by molar-refractivity contribution is 7.86. The second kappa shape index (κ2) is 11.2. The molecule has 0 aromatic heterocycles. The molecule has 3 atom stereocenters. The lowest BCUT2D eigenvalue weighted by atomic mass is 9.86. The largest absolute Gasteiger partial charge is 0.396 e. The third-order valence-corrected chi connectivity index (χ3v) is 12.0. The van der Waals surface area contributed by atoms with Gasteiger partial charge in [-0.3, -0.25) is 9.35 Å². The van der Waals surface area contributed by atoms with E-state index in [1.54, 1.807) is 21.3 Å². The van der Waals surface area contributed by atoms with E-state index in [4.69, 9.17) is 13.6 Å². The van der Waals surface area contributed by atoms with E-state index in [-0.39, 0.29) is 24.5 Å². The van der Waals surface area contributed by atoms with E-state index in [1.165, 1.54) is 0 Å². The lowest BCUT2D eigenvalue weighted by Gasteiger charge is -2.51. The van der Waals surface area contributed by atoms with E-state index in [0.29, 0.717) is 25.7 Å². The average molecular weight is 439 g/mol. The van der Waals surface area contributed by atoms with Crippen molar-refractivity contribution in [1.29, 1.82) is 0 Å². The zero-order chi connectivity index (χ0) is 21.4. The standard InChI is InChI=1S/C19H38O7SSi/c1-6-8-10-16(27(21,22)23)12-13-18(20)17-11-9-15-28(25-4,26-5)19(17,24-3)14-7-2/h16-17H,6-15H2,1-5H3,(H,21,22,23). The molecule has 1 N–H and O–H groups in total. The molecule has 0 aromatic rings. The molecule has 0 saturated carbocycles. The molecule has 1 heterocycles. The van der Waals surface area contributed by atoms with E-state index in [1.807, 2.05) is 13.8 Å². The maximum absolute atomic E-state index is 13.2. The summed E-state index contributed by atoms with van der Waals surface area (Å²) in [6.07, 6.45) is 5.11. The highest BCUT2D eigenvalue weighted by Crippen LogP contribution is 2.47. The van der Waals surface area contributed by atoms with Crippen LogP contribution in [0, 0.1) is 5.92 Å². The number of hydrogen-bond donors (Lipinski definition) is 1. The van der Waals surface area contributed by atoms with Crippen LogP contribution in [0.2, 0.25) is 6.04 Å². The van der Waals surface area contributed by atoms with Crippen molar-refractivity contribution in [2.24, 2.45) is 5.92 Å². The Balaban J connectivity index is 3.08. The first-order chi connectivity index (χ1) is 13.2. The summed E-state index contributed by atoms with van der Waals surface area (Å²) in [7, 11) is -2.07. The molecular weight excluding hydrogens is 400 g/mol. The van der Waals surface area contributed by atoms with Gasteiger partial charge in [0.25, 0.3) is 10.1 Å². The summed E-state index contributed by atoms with van der Waals surface area (Å²) in [6, 6.07) is 0.766. The highest BCUT2D eigenvalue weighted by atomic mass is 32.2. The zero-order valence-corrected chi connectivity index (χ0v) is 19.8. The van der Waals surface area contributed by atoms with Crippen molar-refractivity contribution in [3.63, 3.8) is 0 Å². The van der Waals surface area contributed by atoms with Gasteiger partial charge in [-0.2, -0.15) is 8.42 Å². The fraction of sp³-hybridized carbons (Fsp3) is 0.947. The van der Waals surface area contributed by atoms with Crippen LogP contribution in [0.5, 0.6) is 0 Å². The first kappa shape index (κ1) is 25.7. The van der Waals surface area contributed by atoms with Gasteiger partial charge in [0.1, 0.15) is 11.0 Å². The van der Waals surface area contributed by atoms with Crippen molar-refractivity contribution >= 4 is 24.5 Å². The highest BCUT2D eigenvalue weighted by Gasteiger charge is 2.64. The van der Waals surface area contributed by atoms with Gasteiger partial charge in [0.05, 0.1) is 5.25 Å². The monoisotopic (exact) mass is 438 g/mol. The van der Waals surface area contributed by atoms with Gasteiger partial charge < -0.3 is 13.6 Å². The van der Waals surface area contributed by atoms with Crippen molar-refractivity contribution < 1.29 is 31.4 Å². The maximum Gasteiger partial charge on any atom is 0.371 e. The van der Waals surface area contributed by atoms with Gasteiger partial charge in [0, 0.05) is 33.7 Å². The molecule has 1 saturated heterocycles. The van der Waals surface area contributed by atoms with E-state index in [0.717, 1.165) is 25.3 Å². The number of ether oxygens (including phenoxy) is 1. The van der Waals surface area contributed by atoms with Gasteiger partial charge in [0.15, 0.2) is 0 Å². The number of Topliss-reactive ketones (excluding diaryl/α,β-unsaturated/α-hetero) is 1. The van der Waals surface area contributed by atoms with E-state index >= 15 is 0 Å². The van der Waals surface area contributed by atoms with Gasteiger partial charge >= 0.3 is 8.56 Å². The molecule has 1 rings (SSSR count). The summed E-state index contributed by atoms with van der Waals surface area (Å²) in [5.74, 6) is -0.405. The normalized spacial score (nSPS) is 26.1. The van der Waals surface area contributed by atoms with Crippen LogP contribution in [-0.2, 0) is 28.5 Å². The summed E-state index contributed by atoms with van der Waals surface area (Å²) >= 11 is 0. The molecule has 0 radical (unpaired) electrons. The van der Waals surface area contributed by atoms with Crippen LogP contribution in [0.15, 0.2) is 0 Å². The molecule has 0 aliphatic carbocycles. The molecule has 0 spiro atoms. The Hall–Kier alpha value is -0.323. The van der Waals surface area contributed by atoms with Crippen LogP contribution in [0.3, 0.4) is 0 Å². The second-order valence-electron chi connectivity index (χ2n) is 7.73. The molecule has 166 valence electrons. The predicted molar refractivity (Wildman–Crippen MR) is 111 cm³/mol. The quantitative estimate of drug-likeness (QED) is 0.346. The van der Waals surface area contributed by atoms with E-state index in [2.05, 4.69) is 0 Å². The van der Waals surface area contributed by atoms with Gasteiger partial charge in [0.2, 0.25) is 0 Å². The Kier molecular flexibility index (Phi) is 10.3. The first-order valence-corrected chi connectivity index (χ1v) is 13.8. The second-order valence-corrected chi connectivity index (χ2v) is 13.1. The van der Waals surface area contributed by atoms with Gasteiger partial charge in [-0.15, -0.1) is 0 Å². The zero-order valence-electron chi connectivity index (χ0n) is 18.0. The van der Waals surface area contributed by atoms with Gasteiger partial charge in [-0.05, 0) is 31.7 Å². The Morgan fingerprint density at radius 3 is 2.29 bits per heavy atom. The van der Waals surface area contributed by atoms with Crippen molar-refractivity contribution in [3.05, 3.63) is 0 Å². The fourth-order valence-electron chi connectivity index (χ4n) is 4.79. The maximum atomic E-state index is 13.2. The molecule has 0 aromatic carbocycles. The Morgan fingerprint density at radius 1 is 1.18 bits per heavy atom. The molecule has 1 aliphatic rings. The number of methoxy groups -OCH3 is 1. The molecule has 7 nitrogen and oxygen atoms in total. The third-order valence-electron chi connectivity index (χ3n) is 6.25. The lowest BCUT2D eigenvalue weighted by Crippen LogP contribution is -2.69. The molecule has 3 unspecified atom stereocenters. The van der Waals surface area contributed by atoms with Crippen molar-refractivity contribution in [1.82, 2.24) is 0 Å². The smallest absolute Gasteiger partial charge is 0.371 e. The van der Waals surface area contributed by atoms with Gasteiger partial charge in [-0.1, -0.05) is 39.5 Å². The molecule has 28 heavy (non-hydrogen) atoms. The summed E-state index contributed by atoms with van der Waals surface area (Å²) in [5, 5.41) is -1.67. The van der Waals surface area contributed by atoms with Crippen LogP contribution in [0.25, 0.3) is 0 Å². The number of unbranched alkanes of at least 4 members (excludes halogenated alkanes) is 1. The van der Waals surface area contributed by atoms with Crippen molar-refractivity contribution in [2.45, 2.75) is 88.2 Å². The van der Waals surface area contributed by atoms with E-state index < -0.39 is 29.2 Å². The van der Waals surface area contributed by atoms with E-state index in [9.17, 15) is 17.8 Å². The minimum Gasteiger partial charge on any atom is -0.396 e. The molecule has 0 bridgehead atoms. The van der Waals surface area contributed by atoms with Crippen LogP contribution < -0.4 is 0 Å². The first-order valence-electron chi connectivity index (χ1n) is 10.3. The van der Waals surface area contributed by atoms with Crippen molar-refractivity contribution in [3.8, 4) is 0 Å². The Bertz CT molecular complexity index is 591. The van der Waals surface area contributed by atoms with Crippen molar-refractivity contribution in [2.75, 3.05) is 21.3 Å². The predicted octanol–water partition coefficient (Wildman–Crippen LogP) is 3.65. The molecule has 0 amide bonds. The van der Waals surface area contributed by atoms with Crippen LogP contribution >= 0.6 is 0 Å². The summed E-state index contributed by atoms with van der Waals surface area (Å²) in [4.78, 5) is 13.2. The number of ketones is 1. The van der Waals surface area contributed by atoms with Crippen LogP contribution in [0.1, 0.15) is 71.6 Å².